The van der Waals surface area contributed by atoms with Crippen molar-refractivity contribution in [2.45, 2.75) is 6.54 Å². The summed E-state index contributed by atoms with van der Waals surface area (Å²) in [6.45, 7) is 0.777. The van der Waals surface area contributed by atoms with Crippen LogP contribution in [0.1, 0.15) is 11.3 Å². The van der Waals surface area contributed by atoms with Gasteiger partial charge in [0.15, 0.2) is 0 Å². The lowest BCUT2D eigenvalue weighted by atomic mass is 10.2. The first-order valence-corrected chi connectivity index (χ1v) is 5.40. The first kappa shape index (κ1) is 9.48. The molecule has 0 radical (unpaired) electrons. The average Bonchev–Trinajstić information content (AvgIpc) is 2.65. The first-order valence-electron chi connectivity index (χ1n) is 5.02. The summed E-state index contributed by atoms with van der Waals surface area (Å²) in [6.07, 6.45) is 2.00. The van der Waals surface area contributed by atoms with E-state index in [-0.39, 0.29) is 0 Å². The predicted octanol–water partition coefficient (Wildman–Crippen LogP) is 2.54. The Morgan fingerprint density at radius 1 is 1.31 bits per heavy atom. The lowest BCUT2D eigenvalue weighted by Crippen LogP contribution is -2.16. The van der Waals surface area contributed by atoms with Gasteiger partial charge in [0.25, 0.3) is 0 Å². The molecule has 0 saturated carbocycles. The van der Waals surface area contributed by atoms with Crippen LogP contribution in [-0.2, 0) is 6.54 Å². The largest absolute Gasteiger partial charge is 0.382 e. The third kappa shape index (κ3) is 1.41. The Kier molecular flexibility index (Phi) is 2.01. The molecule has 1 aliphatic rings. The molecule has 0 amide bonds. The number of nitrogens with zero attached hydrogens (tertiary/aromatic N) is 2. The molecule has 2 heterocycles. The Balaban J connectivity index is 2.23. The number of benzene rings is 1. The van der Waals surface area contributed by atoms with Crippen LogP contribution < -0.4 is 5.73 Å². The number of aromatic nitrogens is 1. The van der Waals surface area contributed by atoms with Crippen LogP contribution in [-0.4, -0.2) is 10.4 Å². The van der Waals surface area contributed by atoms with E-state index in [0.29, 0.717) is 10.9 Å². The molecule has 16 heavy (non-hydrogen) atoms. The standard InChI is InChI=1S/C12H10ClN3/c13-9-4-3-8-7-16-5-1-2-11(16)12(14)15-10(8)6-9/h1-6H,7H2,(H2,14,15). The van der Waals surface area contributed by atoms with E-state index in [1.54, 1.807) is 0 Å². The monoisotopic (exact) mass is 231 g/mol. The SMILES string of the molecule is NC1=Nc2cc(Cl)ccc2Cn2cccc21. The van der Waals surface area contributed by atoms with Crippen LogP contribution in [0, 0.1) is 0 Å². The molecular weight excluding hydrogens is 222 g/mol. The van der Waals surface area contributed by atoms with Gasteiger partial charge in [0.05, 0.1) is 11.4 Å². The van der Waals surface area contributed by atoms with E-state index in [1.807, 2.05) is 36.5 Å². The van der Waals surface area contributed by atoms with E-state index in [1.165, 1.54) is 0 Å². The summed E-state index contributed by atoms with van der Waals surface area (Å²) in [6, 6.07) is 9.64. The second kappa shape index (κ2) is 3.39. The Morgan fingerprint density at radius 3 is 3.06 bits per heavy atom. The van der Waals surface area contributed by atoms with Gasteiger partial charge in [-0.25, -0.2) is 4.99 Å². The van der Waals surface area contributed by atoms with Gasteiger partial charge in [-0.3, -0.25) is 0 Å². The van der Waals surface area contributed by atoms with Crippen molar-refractivity contribution in [2.24, 2.45) is 10.7 Å². The van der Waals surface area contributed by atoms with Gasteiger partial charge in [0.2, 0.25) is 0 Å². The number of aliphatic imine (C=N–C) groups is 1. The maximum atomic E-state index is 5.95. The summed E-state index contributed by atoms with van der Waals surface area (Å²) < 4.78 is 2.08. The molecule has 80 valence electrons. The molecule has 1 aromatic heterocycles. The fourth-order valence-electron chi connectivity index (χ4n) is 1.93. The highest BCUT2D eigenvalue weighted by Gasteiger charge is 2.13. The van der Waals surface area contributed by atoms with E-state index < -0.39 is 0 Å². The molecule has 1 aromatic carbocycles. The molecule has 0 atom stereocenters. The third-order valence-corrected chi connectivity index (χ3v) is 2.96. The highest BCUT2D eigenvalue weighted by Crippen LogP contribution is 2.27. The highest BCUT2D eigenvalue weighted by molar-refractivity contribution is 6.30. The summed E-state index contributed by atoms with van der Waals surface area (Å²) in [7, 11) is 0. The van der Waals surface area contributed by atoms with Crippen molar-refractivity contribution in [3.63, 3.8) is 0 Å². The third-order valence-electron chi connectivity index (χ3n) is 2.72. The van der Waals surface area contributed by atoms with Crippen LogP contribution in [0.5, 0.6) is 0 Å². The van der Waals surface area contributed by atoms with Crippen molar-refractivity contribution in [2.75, 3.05) is 0 Å². The molecule has 1 aliphatic heterocycles. The minimum atomic E-state index is 0.533. The van der Waals surface area contributed by atoms with Crippen molar-refractivity contribution in [3.8, 4) is 0 Å². The average molecular weight is 232 g/mol. The zero-order valence-corrected chi connectivity index (χ0v) is 9.28. The topological polar surface area (TPSA) is 43.3 Å². The smallest absolute Gasteiger partial charge is 0.148 e. The minimum absolute atomic E-state index is 0.533. The molecule has 3 nitrogen and oxygen atoms in total. The molecule has 0 unspecified atom stereocenters. The molecule has 0 fully saturated rings. The number of hydrogen-bond acceptors (Lipinski definition) is 2. The second-order valence-corrected chi connectivity index (χ2v) is 4.23. The Bertz CT molecular complexity index is 584. The van der Waals surface area contributed by atoms with E-state index >= 15 is 0 Å². The maximum Gasteiger partial charge on any atom is 0.148 e. The van der Waals surface area contributed by atoms with Crippen LogP contribution in [0.3, 0.4) is 0 Å². The lowest BCUT2D eigenvalue weighted by molar-refractivity contribution is 0.803. The molecule has 3 rings (SSSR count). The number of halogens is 1. The van der Waals surface area contributed by atoms with Crippen molar-refractivity contribution in [1.29, 1.82) is 0 Å². The summed E-state index contributed by atoms with van der Waals surface area (Å²) in [4.78, 5) is 4.40. The highest BCUT2D eigenvalue weighted by atomic mass is 35.5. The summed E-state index contributed by atoms with van der Waals surface area (Å²) in [5, 5.41) is 0.682. The van der Waals surface area contributed by atoms with Crippen molar-refractivity contribution in [3.05, 3.63) is 52.8 Å². The van der Waals surface area contributed by atoms with Crippen molar-refractivity contribution in [1.82, 2.24) is 4.57 Å². The number of amidine groups is 1. The van der Waals surface area contributed by atoms with Crippen molar-refractivity contribution < 1.29 is 0 Å². The molecule has 0 aliphatic carbocycles. The second-order valence-electron chi connectivity index (χ2n) is 3.79. The normalized spacial score (nSPS) is 13.7. The van der Waals surface area contributed by atoms with Gasteiger partial charge < -0.3 is 10.3 Å². The Morgan fingerprint density at radius 2 is 2.19 bits per heavy atom. The molecule has 0 bridgehead atoms. The van der Waals surface area contributed by atoms with Gasteiger partial charge in [-0.2, -0.15) is 0 Å². The molecule has 2 N–H and O–H groups in total. The number of fused-ring (bicyclic) bond motifs is 2. The number of nitrogens with two attached hydrogens (primary N) is 1. The molecule has 0 spiro atoms. The fourth-order valence-corrected chi connectivity index (χ4v) is 2.10. The Hall–Kier alpha value is -1.74. The zero-order chi connectivity index (χ0) is 11.1. The van der Waals surface area contributed by atoms with E-state index in [4.69, 9.17) is 17.3 Å². The summed E-state index contributed by atoms with van der Waals surface area (Å²) in [5.41, 5.74) is 8.88. The van der Waals surface area contributed by atoms with E-state index in [9.17, 15) is 0 Å². The van der Waals surface area contributed by atoms with Crippen LogP contribution in [0.25, 0.3) is 0 Å². The summed E-state index contributed by atoms with van der Waals surface area (Å²) in [5.74, 6) is 0.533. The van der Waals surface area contributed by atoms with Crippen LogP contribution >= 0.6 is 11.6 Å². The van der Waals surface area contributed by atoms with Crippen LogP contribution in [0.2, 0.25) is 5.02 Å². The quantitative estimate of drug-likeness (QED) is 0.744. The Labute approximate surface area is 98.2 Å². The molecule has 0 saturated heterocycles. The maximum absolute atomic E-state index is 5.95. The van der Waals surface area contributed by atoms with Gasteiger partial charge in [-0.1, -0.05) is 17.7 Å². The van der Waals surface area contributed by atoms with E-state index in [2.05, 4.69) is 9.56 Å². The van der Waals surface area contributed by atoms with Crippen LogP contribution in [0.4, 0.5) is 5.69 Å². The molecule has 4 heteroatoms. The van der Waals surface area contributed by atoms with Gasteiger partial charge in [0.1, 0.15) is 5.84 Å². The van der Waals surface area contributed by atoms with Crippen LogP contribution in [0.15, 0.2) is 41.5 Å². The van der Waals surface area contributed by atoms with Gasteiger partial charge in [-0.15, -0.1) is 0 Å². The zero-order valence-electron chi connectivity index (χ0n) is 8.52. The predicted molar refractivity (Wildman–Crippen MR) is 65.4 cm³/mol. The number of rotatable bonds is 0. The fraction of sp³-hybridized carbons (Fsp3) is 0.0833. The summed E-state index contributed by atoms with van der Waals surface area (Å²) >= 11 is 5.95. The van der Waals surface area contributed by atoms with Crippen molar-refractivity contribution >= 4 is 23.1 Å². The lowest BCUT2D eigenvalue weighted by Gasteiger charge is -2.05. The van der Waals surface area contributed by atoms with Gasteiger partial charge in [-0.05, 0) is 29.8 Å². The van der Waals surface area contributed by atoms with Gasteiger partial charge in [0, 0.05) is 17.8 Å². The number of hydrogen-bond donors (Lipinski definition) is 1. The minimum Gasteiger partial charge on any atom is -0.382 e. The molecule has 2 aromatic rings. The van der Waals surface area contributed by atoms with E-state index in [0.717, 1.165) is 23.5 Å². The molecular formula is C12H10ClN3. The first-order chi connectivity index (χ1) is 7.74. The van der Waals surface area contributed by atoms with Gasteiger partial charge >= 0.3 is 0 Å².